The van der Waals surface area contributed by atoms with Gasteiger partial charge in [-0.3, -0.25) is 0 Å². The second kappa shape index (κ2) is 13.1. The monoisotopic (exact) mass is 308 g/mol. The average molecular weight is 308 g/mol. The van der Waals surface area contributed by atoms with Gasteiger partial charge >= 0.3 is 5.97 Å². The van der Waals surface area contributed by atoms with Gasteiger partial charge in [0, 0.05) is 0 Å². The van der Waals surface area contributed by atoms with E-state index in [2.05, 4.69) is 10.7 Å². The van der Waals surface area contributed by atoms with Crippen LogP contribution in [0.2, 0.25) is 0 Å². The number of esters is 1. The Bertz CT molecular complexity index is 402. The molecule has 0 aliphatic carbocycles. The molecule has 0 heterocycles. The molecule has 22 heavy (non-hydrogen) atoms. The first kappa shape index (κ1) is 20.4. The van der Waals surface area contributed by atoms with Crippen LogP contribution in [-0.2, 0) is 9.53 Å². The Morgan fingerprint density at radius 3 is 2.32 bits per heavy atom. The van der Waals surface area contributed by atoms with Gasteiger partial charge in [0.15, 0.2) is 0 Å². The van der Waals surface area contributed by atoms with Gasteiger partial charge in [0.25, 0.3) is 0 Å². The van der Waals surface area contributed by atoms with Gasteiger partial charge in [-0.25, -0.2) is 4.79 Å². The highest BCUT2D eigenvalue weighted by molar-refractivity contribution is 5.89. The smallest absolute Gasteiger partial charge is 0.336 e. The number of ether oxygens (including phenoxy) is 1. The van der Waals surface area contributed by atoms with Crippen molar-refractivity contribution in [3.8, 4) is 12.3 Å². The predicted octanol–water partition coefficient (Wildman–Crippen LogP) is 2.75. The van der Waals surface area contributed by atoms with Gasteiger partial charge in [0.2, 0.25) is 0 Å². The summed E-state index contributed by atoms with van der Waals surface area (Å²) in [6.07, 6.45) is 15.4. The Labute approximate surface area is 133 Å². The number of carbonyl (C=O) groups is 1. The average Bonchev–Trinajstić information content (AvgIpc) is 2.51. The number of methoxy groups -OCH3 is 1. The van der Waals surface area contributed by atoms with Crippen molar-refractivity contribution in [2.75, 3.05) is 7.11 Å². The minimum atomic E-state index is -1.20. The van der Waals surface area contributed by atoms with Crippen molar-refractivity contribution in [1.29, 1.82) is 0 Å². The van der Waals surface area contributed by atoms with Crippen LogP contribution in [0.5, 0.6) is 0 Å². The fourth-order valence-electron chi connectivity index (χ4n) is 2.05. The summed E-state index contributed by atoms with van der Waals surface area (Å²) in [7, 11) is 1.26. The summed E-state index contributed by atoms with van der Waals surface area (Å²) in [5.41, 5.74) is 0.136. The van der Waals surface area contributed by atoms with Crippen molar-refractivity contribution >= 4 is 5.97 Å². The van der Waals surface area contributed by atoms with Gasteiger partial charge in [0.05, 0.1) is 18.8 Å². The highest BCUT2D eigenvalue weighted by atomic mass is 16.5. The van der Waals surface area contributed by atoms with Gasteiger partial charge < -0.3 is 14.9 Å². The summed E-state index contributed by atoms with van der Waals surface area (Å²) in [6, 6.07) is 0. The molecule has 0 spiro atoms. The maximum Gasteiger partial charge on any atom is 0.336 e. The van der Waals surface area contributed by atoms with Crippen LogP contribution in [0.3, 0.4) is 0 Å². The maximum absolute atomic E-state index is 11.6. The van der Waals surface area contributed by atoms with E-state index in [1.165, 1.54) is 14.0 Å². The van der Waals surface area contributed by atoms with Gasteiger partial charge in [0.1, 0.15) is 6.10 Å². The largest absolute Gasteiger partial charge is 0.466 e. The SMILES string of the molecule is C#CC=CCCCCCCCC=C(C(=O)OC)C(O)C(C)O. The quantitative estimate of drug-likeness (QED) is 0.266. The van der Waals surface area contributed by atoms with E-state index in [9.17, 15) is 15.0 Å². The van der Waals surface area contributed by atoms with Crippen molar-refractivity contribution in [2.24, 2.45) is 0 Å². The second-order valence-corrected chi connectivity index (χ2v) is 5.25. The van der Waals surface area contributed by atoms with Gasteiger partial charge in [-0.05, 0) is 38.7 Å². The normalized spacial score (nSPS) is 14.6. The van der Waals surface area contributed by atoms with Crippen LogP contribution in [0.4, 0.5) is 0 Å². The molecule has 4 nitrogen and oxygen atoms in total. The topological polar surface area (TPSA) is 66.8 Å². The molecule has 124 valence electrons. The first-order chi connectivity index (χ1) is 10.5. The molecule has 0 fully saturated rings. The first-order valence-corrected chi connectivity index (χ1v) is 7.80. The third-order valence-corrected chi connectivity index (χ3v) is 3.35. The lowest BCUT2D eigenvalue weighted by atomic mass is 10.0. The van der Waals surface area contributed by atoms with Crippen LogP contribution in [0, 0.1) is 12.3 Å². The summed E-state index contributed by atoms with van der Waals surface area (Å²) in [4.78, 5) is 11.6. The van der Waals surface area contributed by atoms with E-state index in [1.54, 1.807) is 12.2 Å². The van der Waals surface area contributed by atoms with E-state index in [-0.39, 0.29) is 5.57 Å². The van der Waals surface area contributed by atoms with Crippen LogP contribution in [0.1, 0.15) is 51.9 Å². The van der Waals surface area contributed by atoms with E-state index in [4.69, 9.17) is 6.42 Å². The molecule has 2 unspecified atom stereocenters. The highest BCUT2D eigenvalue weighted by Gasteiger charge is 2.23. The summed E-state index contributed by atoms with van der Waals surface area (Å²) in [5, 5.41) is 19.2. The number of rotatable bonds is 11. The zero-order chi connectivity index (χ0) is 16.8. The Kier molecular flexibility index (Phi) is 12.2. The molecule has 0 aromatic heterocycles. The highest BCUT2D eigenvalue weighted by Crippen LogP contribution is 2.13. The molecule has 0 saturated heterocycles. The van der Waals surface area contributed by atoms with E-state index >= 15 is 0 Å². The zero-order valence-electron chi connectivity index (χ0n) is 13.6. The molecule has 0 aliphatic rings. The molecule has 0 aromatic rings. The molecule has 0 radical (unpaired) electrons. The lowest BCUT2D eigenvalue weighted by Gasteiger charge is -2.15. The van der Waals surface area contributed by atoms with Crippen molar-refractivity contribution in [1.82, 2.24) is 0 Å². The maximum atomic E-state index is 11.6. The van der Waals surface area contributed by atoms with Gasteiger partial charge in [-0.1, -0.05) is 37.3 Å². The van der Waals surface area contributed by atoms with E-state index < -0.39 is 18.2 Å². The molecule has 0 aliphatic heterocycles. The number of aliphatic hydroxyl groups is 2. The first-order valence-electron chi connectivity index (χ1n) is 7.80. The molecular weight excluding hydrogens is 280 g/mol. The number of allylic oxidation sites excluding steroid dienone is 3. The minimum Gasteiger partial charge on any atom is -0.466 e. The summed E-state index contributed by atoms with van der Waals surface area (Å²) >= 11 is 0. The molecule has 0 rings (SSSR count). The number of unbranched alkanes of at least 4 members (excludes halogenated alkanes) is 6. The third kappa shape index (κ3) is 9.38. The Hall–Kier alpha value is -1.57. The molecular formula is C18H28O4. The fraction of sp³-hybridized carbons (Fsp3) is 0.611. The number of terminal acetylenes is 1. The van der Waals surface area contributed by atoms with Crippen LogP contribution in [-0.4, -0.2) is 35.5 Å². The lowest BCUT2D eigenvalue weighted by Crippen LogP contribution is -2.29. The van der Waals surface area contributed by atoms with Crippen LogP contribution >= 0.6 is 0 Å². The molecule has 2 atom stereocenters. The number of hydrogen-bond acceptors (Lipinski definition) is 4. The second-order valence-electron chi connectivity index (χ2n) is 5.25. The molecule has 0 bridgehead atoms. The number of hydrogen-bond donors (Lipinski definition) is 2. The zero-order valence-corrected chi connectivity index (χ0v) is 13.6. The summed E-state index contributed by atoms with van der Waals surface area (Å²) in [6.45, 7) is 1.44. The van der Waals surface area contributed by atoms with E-state index in [0.29, 0.717) is 6.42 Å². The van der Waals surface area contributed by atoms with Crippen LogP contribution in [0.25, 0.3) is 0 Å². The predicted molar refractivity (Wildman–Crippen MR) is 88.1 cm³/mol. The standard InChI is InChI=1S/C18H28O4/c1-4-5-6-7-8-9-10-11-12-13-14-16(18(21)22-3)17(20)15(2)19/h1,5-6,14-15,17,19-20H,7-13H2,2-3H3. The Morgan fingerprint density at radius 2 is 1.77 bits per heavy atom. The van der Waals surface area contributed by atoms with Crippen molar-refractivity contribution in [2.45, 2.75) is 64.1 Å². The van der Waals surface area contributed by atoms with E-state index in [0.717, 1.165) is 38.5 Å². The Balaban J connectivity index is 3.99. The van der Waals surface area contributed by atoms with Crippen molar-refractivity contribution < 1.29 is 19.7 Å². The summed E-state index contributed by atoms with van der Waals surface area (Å²) in [5.74, 6) is 1.88. The molecule has 0 saturated carbocycles. The fourth-order valence-corrected chi connectivity index (χ4v) is 2.05. The molecule has 0 aromatic carbocycles. The molecule has 2 N–H and O–H groups in total. The lowest BCUT2D eigenvalue weighted by molar-refractivity contribution is -0.138. The minimum absolute atomic E-state index is 0.136. The van der Waals surface area contributed by atoms with Crippen molar-refractivity contribution in [3.63, 3.8) is 0 Å². The molecule has 0 amide bonds. The van der Waals surface area contributed by atoms with Crippen molar-refractivity contribution in [3.05, 3.63) is 23.8 Å². The Morgan fingerprint density at radius 1 is 1.18 bits per heavy atom. The third-order valence-electron chi connectivity index (χ3n) is 3.35. The number of aliphatic hydroxyl groups excluding tert-OH is 2. The van der Waals surface area contributed by atoms with Gasteiger partial charge in [-0.15, -0.1) is 6.42 Å². The van der Waals surface area contributed by atoms with Crippen LogP contribution in [0.15, 0.2) is 23.8 Å². The van der Waals surface area contributed by atoms with Gasteiger partial charge in [-0.2, -0.15) is 0 Å². The van der Waals surface area contributed by atoms with Crippen LogP contribution < -0.4 is 0 Å². The van der Waals surface area contributed by atoms with E-state index in [1.807, 2.05) is 6.08 Å². The summed E-state index contributed by atoms with van der Waals surface area (Å²) < 4.78 is 4.63. The molecule has 4 heteroatoms. The number of carbonyl (C=O) groups excluding carboxylic acids is 1.